The van der Waals surface area contributed by atoms with E-state index in [0.717, 1.165) is 0 Å². The summed E-state index contributed by atoms with van der Waals surface area (Å²) in [6, 6.07) is 9.99. The number of benzene rings is 1. The van der Waals surface area contributed by atoms with Gasteiger partial charge in [-0.25, -0.2) is 0 Å². The Morgan fingerprint density at radius 2 is 1.67 bits per heavy atom. The maximum absolute atomic E-state index is 5.35. The standard InChI is InChI=1S/C7H9N.K/c8-6-7-4-2-1-3-5-7;/h1-5H,6,8H2;. The fourth-order valence-corrected chi connectivity index (χ4v) is 0.614. The van der Waals surface area contributed by atoms with E-state index in [4.69, 9.17) is 5.73 Å². The van der Waals surface area contributed by atoms with Gasteiger partial charge in [0.05, 0.1) is 0 Å². The summed E-state index contributed by atoms with van der Waals surface area (Å²) < 4.78 is 0. The van der Waals surface area contributed by atoms with Gasteiger partial charge in [0.1, 0.15) is 0 Å². The van der Waals surface area contributed by atoms with Crippen molar-refractivity contribution in [3.63, 3.8) is 0 Å². The third kappa shape index (κ3) is 3.50. The molecule has 0 spiro atoms. The van der Waals surface area contributed by atoms with Crippen molar-refractivity contribution in [3.8, 4) is 0 Å². The summed E-state index contributed by atoms with van der Waals surface area (Å²) in [5.74, 6) is 0. The van der Waals surface area contributed by atoms with Crippen LogP contribution >= 0.6 is 0 Å². The van der Waals surface area contributed by atoms with Crippen molar-refractivity contribution in [2.24, 2.45) is 5.73 Å². The van der Waals surface area contributed by atoms with Gasteiger partial charge < -0.3 is 5.73 Å². The Morgan fingerprint density at radius 1 is 1.11 bits per heavy atom. The molecule has 0 bridgehead atoms. The molecule has 0 fully saturated rings. The third-order valence-electron chi connectivity index (χ3n) is 1.08. The Hall–Kier alpha value is 0.816. The minimum absolute atomic E-state index is 0. The molecule has 0 heterocycles. The van der Waals surface area contributed by atoms with E-state index in [9.17, 15) is 0 Å². The number of hydrogen-bond donors (Lipinski definition) is 1. The molecule has 1 radical (unpaired) electrons. The topological polar surface area (TPSA) is 26.0 Å². The van der Waals surface area contributed by atoms with Crippen LogP contribution in [0.2, 0.25) is 0 Å². The molecule has 1 aromatic rings. The summed E-state index contributed by atoms with van der Waals surface area (Å²) in [5.41, 5.74) is 6.54. The molecule has 9 heavy (non-hydrogen) atoms. The minimum atomic E-state index is 0. The van der Waals surface area contributed by atoms with Crippen LogP contribution in [-0.2, 0) is 6.54 Å². The number of rotatable bonds is 1. The SMILES string of the molecule is NCc1ccccc1.[K]. The minimum Gasteiger partial charge on any atom is -0.326 e. The van der Waals surface area contributed by atoms with Crippen molar-refractivity contribution in [1.82, 2.24) is 0 Å². The van der Waals surface area contributed by atoms with Crippen molar-refractivity contribution in [2.75, 3.05) is 0 Å². The summed E-state index contributed by atoms with van der Waals surface area (Å²) in [6.45, 7) is 0.640. The van der Waals surface area contributed by atoms with Gasteiger partial charge in [-0.3, -0.25) is 0 Å². The van der Waals surface area contributed by atoms with Crippen molar-refractivity contribution < 1.29 is 0 Å². The van der Waals surface area contributed by atoms with Crippen LogP contribution < -0.4 is 5.73 Å². The van der Waals surface area contributed by atoms with Crippen LogP contribution in [0.4, 0.5) is 0 Å². The molecule has 0 unspecified atom stereocenters. The number of nitrogens with two attached hydrogens (primary N) is 1. The monoisotopic (exact) mass is 146 g/mol. The Bertz CT molecular complexity index is 150. The zero-order valence-corrected chi connectivity index (χ0v) is 8.79. The second-order valence-electron chi connectivity index (χ2n) is 1.69. The fourth-order valence-electron chi connectivity index (χ4n) is 0.614. The van der Waals surface area contributed by atoms with Crippen molar-refractivity contribution in [3.05, 3.63) is 35.9 Å². The summed E-state index contributed by atoms with van der Waals surface area (Å²) in [4.78, 5) is 0. The van der Waals surface area contributed by atoms with Crippen molar-refractivity contribution in [1.29, 1.82) is 0 Å². The second kappa shape index (κ2) is 5.59. The molecule has 0 amide bonds. The first-order chi connectivity index (χ1) is 3.93. The quantitative estimate of drug-likeness (QED) is 0.582. The molecule has 1 rings (SSSR count). The Labute approximate surface area is 98.1 Å². The van der Waals surface area contributed by atoms with E-state index in [1.165, 1.54) is 5.56 Å². The van der Waals surface area contributed by atoms with E-state index in [0.29, 0.717) is 6.54 Å². The Morgan fingerprint density at radius 3 is 2.00 bits per heavy atom. The van der Waals surface area contributed by atoms with Crippen LogP contribution in [0.3, 0.4) is 0 Å². The summed E-state index contributed by atoms with van der Waals surface area (Å²) in [6.07, 6.45) is 0. The van der Waals surface area contributed by atoms with E-state index in [1.54, 1.807) is 0 Å². The molecule has 43 valence electrons. The number of hydrogen-bond acceptors (Lipinski definition) is 1. The average molecular weight is 146 g/mol. The molecule has 1 nitrogen and oxygen atoms in total. The first-order valence-corrected chi connectivity index (χ1v) is 2.67. The zero-order valence-electron chi connectivity index (χ0n) is 5.67. The van der Waals surface area contributed by atoms with Crippen LogP contribution in [0.1, 0.15) is 5.56 Å². The predicted octanol–water partition coefficient (Wildman–Crippen LogP) is 0.765. The van der Waals surface area contributed by atoms with Crippen LogP contribution in [0.25, 0.3) is 0 Å². The molecule has 1 aromatic carbocycles. The smallest absolute Gasteiger partial charge is 0.0178 e. The van der Waals surface area contributed by atoms with Gasteiger partial charge in [0.15, 0.2) is 0 Å². The molecular weight excluding hydrogens is 137 g/mol. The molecule has 0 aliphatic carbocycles. The molecule has 0 atom stereocenters. The third-order valence-corrected chi connectivity index (χ3v) is 1.08. The van der Waals surface area contributed by atoms with Crippen molar-refractivity contribution >= 4 is 51.4 Å². The van der Waals surface area contributed by atoms with Crippen LogP contribution in [0.15, 0.2) is 30.3 Å². The average Bonchev–Trinajstić information content (AvgIpc) is 1.90. The Balaban J connectivity index is 0.000000640. The van der Waals surface area contributed by atoms with Gasteiger partial charge in [0.2, 0.25) is 0 Å². The summed E-state index contributed by atoms with van der Waals surface area (Å²) in [5, 5.41) is 0. The largest absolute Gasteiger partial charge is 0.326 e. The van der Waals surface area contributed by atoms with Gasteiger partial charge in [0.25, 0.3) is 0 Å². The maximum Gasteiger partial charge on any atom is 0.0178 e. The predicted molar refractivity (Wildman–Crippen MR) is 40.1 cm³/mol. The van der Waals surface area contributed by atoms with E-state index >= 15 is 0 Å². The summed E-state index contributed by atoms with van der Waals surface area (Å²) >= 11 is 0. The molecular formula is C7H9KN. The summed E-state index contributed by atoms with van der Waals surface area (Å²) in [7, 11) is 0. The maximum atomic E-state index is 5.35. The Kier molecular flexibility index (Phi) is 6.10. The fraction of sp³-hybridized carbons (Fsp3) is 0.143. The molecule has 0 aliphatic rings. The normalized spacial score (nSPS) is 8.11. The van der Waals surface area contributed by atoms with Crippen LogP contribution in [0, 0.1) is 0 Å². The van der Waals surface area contributed by atoms with Gasteiger partial charge in [0, 0.05) is 57.9 Å². The van der Waals surface area contributed by atoms with Gasteiger partial charge in [-0.1, -0.05) is 30.3 Å². The van der Waals surface area contributed by atoms with Gasteiger partial charge in [-0.2, -0.15) is 0 Å². The van der Waals surface area contributed by atoms with Crippen LogP contribution in [0.5, 0.6) is 0 Å². The molecule has 2 heteroatoms. The van der Waals surface area contributed by atoms with Gasteiger partial charge >= 0.3 is 0 Å². The molecule has 2 N–H and O–H groups in total. The van der Waals surface area contributed by atoms with E-state index in [-0.39, 0.29) is 51.4 Å². The van der Waals surface area contributed by atoms with Gasteiger partial charge in [-0.15, -0.1) is 0 Å². The molecule has 0 saturated carbocycles. The van der Waals surface area contributed by atoms with Gasteiger partial charge in [-0.05, 0) is 5.56 Å². The van der Waals surface area contributed by atoms with E-state index < -0.39 is 0 Å². The first-order valence-electron chi connectivity index (χ1n) is 2.67. The van der Waals surface area contributed by atoms with Crippen LogP contribution in [-0.4, -0.2) is 51.4 Å². The first kappa shape index (κ1) is 9.82. The second-order valence-corrected chi connectivity index (χ2v) is 1.69. The van der Waals surface area contributed by atoms with E-state index in [2.05, 4.69) is 0 Å². The molecule has 0 saturated heterocycles. The van der Waals surface area contributed by atoms with E-state index in [1.807, 2.05) is 30.3 Å². The molecule has 0 aromatic heterocycles. The van der Waals surface area contributed by atoms with Crippen molar-refractivity contribution in [2.45, 2.75) is 6.54 Å². The zero-order chi connectivity index (χ0) is 5.82. The molecule has 0 aliphatic heterocycles.